The summed E-state index contributed by atoms with van der Waals surface area (Å²) in [7, 11) is -3.56. The maximum absolute atomic E-state index is 12.0. The first-order chi connectivity index (χ1) is 7.99. The molecule has 2 rings (SSSR count). The van der Waals surface area contributed by atoms with Gasteiger partial charge in [0.1, 0.15) is 4.90 Å². The second-order valence-corrected chi connectivity index (χ2v) is 5.49. The van der Waals surface area contributed by atoms with Crippen molar-refractivity contribution in [2.75, 3.05) is 4.72 Å². The van der Waals surface area contributed by atoms with Gasteiger partial charge in [0.25, 0.3) is 10.0 Å². The van der Waals surface area contributed by atoms with Gasteiger partial charge in [-0.25, -0.2) is 8.42 Å². The summed E-state index contributed by atoms with van der Waals surface area (Å²) < 4.78 is 26.6. The fraction of sp³-hybridized carbons (Fsp3) is 0.182. The minimum Gasteiger partial charge on any atom is -0.281 e. The Morgan fingerprint density at radius 2 is 2.06 bits per heavy atom. The summed E-state index contributed by atoms with van der Waals surface area (Å²) in [5.41, 5.74) is 2.06. The first kappa shape index (κ1) is 11.7. The van der Waals surface area contributed by atoms with E-state index in [2.05, 4.69) is 14.9 Å². The maximum atomic E-state index is 12.0. The van der Waals surface area contributed by atoms with Crippen LogP contribution in [0.15, 0.2) is 35.4 Å². The van der Waals surface area contributed by atoms with Gasteiger partial charge in [0, 0.05) is 5.69 Å². The number of sulfonamides is 1. The molecule has 0 fully saturated rings. The molecule has 2 N–H and O–H groups in total. The van der Waals surface area contributed by atoms with E-state index in [-0.39, 0.29) is 4.90 Å². The average Bonchev–Trinajstić information content (AvgIpc) is 2.64. The van der Waals surface area contributed by atoms with E-state index in [4.69, 9.17) is 0 Å². The first-order valence-corrected chi connectivity index (χ1v) is 6.57. The third-order valence-corrected chi connectivity index (χ3v) is 3.84. The van der Waals surface area contributed by atoms with Gasteiger partial charge in [-0.3, -0.25) is 9.82 Å². The fourth-order valence-corrected chi connectivity index (χ4v) is 2.72. The molecular formula is C11H13N3O2S. The van der Waals surface area contributed by atoms with Gasteiger partial charge in [0.15, 0.2) is 0 Å². The molecule has 1 aromatic carbocycles. The quantitative estimate of drug-likeness (QED) is 0.873. The van der Waals surface area contributed by atoms with Gasteiger partial charge >= 0.3 is 0 Å². The Morgan fingerprint density at radius 1 is 1.29 bits per heavy atom. The second kappa shape index (κ2) is 4.21. The largest absolute Gasteiger partial charge is 0.281 e. The standard InChI is InChI=1S/C11H13N3O2S/c1-8-4-3-5-10(6-8)14-17(15,16)11-7-12-13-9(11)2/h3-7,14H,1-2H3,(H,12,13). The molecule has 0 saturated carbocycles. The smallest absolute Gasteiger partial charge is 0.265 e. The van der Waals surface area contributed by atoms with Crippen LogP contribution in [0.2, 0.25) is 0 Å². The van der Waals surface area contributed by atoms with Gasteiger partial charge in [-0.2, -0.15) is 5.10 Å². The van der Waals surface area contributed by atoms with Crippen molar-refractivity contribution >= 4 is 15.7 Å². The number of nitrogens with zero attached hydrogens (tertiary/aromatic N) is 1. The van der Waals surface area contributed by atoms with E-state index in [0.717, 1.165) is 5.56 Å². The number of aromatic amines is 1. The van der Waals surface area contributed by atoms with Crippen LogP contribution in [0.5, 0.6) is 0 Å². The van der Waals surface area contributed by atoms with Crippen molar-refractivity contribution in [1.29, 1.82) is 0 Å². The van der Waals surface area contributed by atoms with Crippen LogP contribution < -0.4 is 4.72 Å². The van der Waals surface area contributed by atoms with Crippen LogP contribution in [0, 0.1) is 13.8 Å². The number of aromatic nitrogens is 2. The van der Waals surface area contributed by atoms with Crippen molar-refractivity contribution in [2.24, 2.45) is 0 Å². The summed E-state index contributed by atoms with van der Waals surface area (Å²) in [6.45, 7) is 3.57. The number of hydrogen-bond donors (Lipinski definition) is 2. The summed E-state index contributed by atoms with van der Waals surface area (Å²) in [6, 6.07) is 7.18. The van der Waals surface area contributed by atoms with Crippen LogP contribution in [0.25, 0.3) is 0 Å². The summed E-state index contributed by atoms with van der Waals surface area (Å²) in [6.07, 6.45) is 1.30. The zero-order valence-electron chi connectivity index (χ0n) is 9.56. The van der Waals surface area contributed by atoms with Crippen molar-refractivity contribution in [3.8, 4) is 0 Å². The second-order valence-electron chi connectivity index (χ2n) is 3.83. The topological polar surface area (TPSA) is 74.8 Å². The molecule has 0 amide bonds. The summed E-state index contributed by atoms with van der Waals surface area (Å²) >= 11 is 0. The van der Waals surface area contributed by atoms with E-state index >= 15 is 0 Å². The molecule has 0 unspecified atom stereocenters. The molecule has 0 bridgehead atoms. The van der Waals surface area contributed by atoms with Gasteiger partial charge in [0.05, 0.1) is 11.9 Å². The van der Waals surface area contributed by atoms with Gasteiger partial charge in [-0.1, -0.05) is 12.1 Å². The van der Waals surface area contributed by atoms with E-state index in [1.807, 2.05) is 13.0 Å². The number of rotatable bonds is 3. The minimum atomic E-state index is -3.56. The molecular weight excluding hydrogens is 238 g/mol. The van der Waals surface area contributed by atoms with Crippen LogP contribution in [-0.2, 0) is 10.0 Å². The number of nitrogens with one attached hydrogen (secondary N) is 2. The van der Waals surface area contributed by atoms with E-state index in [0.29, 0.717) is 11.4 Å². The minimum absolute atomic E-state index is 0.166. The third kappa shape index (κ3) is 2.47. The van der Waals surface area contributed by atoms with Gasteiger partial charge < -0.3 is 0 Å². The van der Waals surface area contributed by atoms with Crippen molar-refractivity contribution < 1.29 is 8.42 Å². The highest BCUT2D eigenvalue weighted by Gasteiger charge is 2.18. The molecule has 0 aliphatic carbocycles. The van der Waals surface area contributed by atoms with Gasteiger partial charge in [-0.15, -0.1) is 0 Å². The fourth-order valence-electron chi connectivity index (χ4n) is 1.53. The Hall–Kier alpha value is -1.82. The Morgan fingerprint density at radius 3 is 2.65 bits per heavy atom. The zero-order valence-corrected chi connectivity index (χ0v) is 10.4. The van der Waals surface area contributed by atoms with Gasteiger partial charge in [-0.05, 0) is 31.5 Å². The van der Waals surface area contributed by atoms with Crippen LogP contribution in [0.3, 0.4) is 0 Å². The lowest BCUT2D eigenvalue weighted by Crippen LogP contribution is -2.13. The van der Waals surface area contributed by atoms with Crippen molar-refractivity contribution in [1.82, 2.24) is 10.2 Å². The number of hydrogen-bond acceptors (Lipinski definition) is 3. The Balaban J connectivity index is 2.33. The molecule has 2 aromatic rings. The van der Waals surface area contributed by atoms with Crippen molar-refractivity contribution in [2.45, 2.75) is 18.7 Å². The molecule has 0 saturated heterocycles. The van der Waals surface area contributed by atoms with E-state index < -0.39 is 10.0 Å². The van der Waals surface area contributed by atoms with Crippen LogP contribution >= 0.6 is 0 Å². The molecule has 1 aromatic heterocycles. The predicted molar refractivity (Wildman–Crippen MR) is 65.3 cm³/mol. The normalized spacial score (nSPS) is 11.4. The highest BCUT2D eigenvalue weighted by molar-refractivity contribution is 7.92. The summed E-state index contributed by atoms with van der Waals surface area (Å²) in [5.74, 6) is 0. The highest BCUT2D eigenvalue weighted by Crippen LogP contribution is 2.17. The molecule has 0 spiro atoms. The van der Waals surface area contributed by atoms with E-state index in [9.17, 15) is 8.42 Å². The SMILES string of the molecule is Cc1cccc(NS(=O)(=O)c2cn[nH]c2C)c1. The number of H-pyrrole nitrogens is 1. The van der Waals surface area contributed by atoms with E-state index in [1.165, 1.54) is 6.20 Å². The zero-order chi connectivity index (χ0) is 12.5. The lowest BCUT2D eigenvalue weighted by atomic mass is 10.2. The van der Waals surface area contributed by atoms with Crippen LogP contribution in [-0.4, -0.2) is 18.6 Å². The van der Waals surface area contributed by atoms with Crippen molar-refractivity contribution in [3.05, 3.63) is 41.7 Å². The lowest BCUT2D eigenvalue weighted by molar-refractivity contribution is 0.600. The average molecular weight is 251 g/mol. The van der Waals surface area contributed by atoms with Crippen molar-refractivity contribution in [3.63, 3.8) is 0 Å². The highest BCUT2D eigenvalue weighted by atomic mass is 32.2. The Labute approximate surface area is 99.9 Å². The molecule has 17 heavy (non-hydrogen) atoms. The monoisotopic (exact) mass is 251 g/mol. The Bertz CT molecular complexity index is 632. The number of benzene rings is 1. The molecule has 90 valence electrons. The molecule has 0 aliphatic heterocycles. The van der Waals surface area contributed by atoms with E-state index in [1.54, 1.807) is 25.1 Å². The Kier molecular flexibility index (Phi) is 2.89. The number of aryl methyl sites for hydroxylation is 2. The summed E-state index contributed by atoms with van der Waals surface area (Å²) in [4.78, 5) is 0.166. The van der Waals surface area contributed by atoms with Gasteiger partial charge in [0.2, 0.25) is 0 Å². The molecule has 1 heterocycles. The molecule has 0 radical (unpaired) electrons. The lowest BCUT2D eigenvalue weighted by Gasteiger charge is -2.07. The molecule has 0 atom stereocenters. The van der Waals surface area contributed by atoms with Crippen LogP contribution in [0.1, 0.15) is 11.3 Å². The van der Waals surface area contributed by atoms with Crippen LogP contribution in [0.4, 0.5) is 5.69 Å². The molecule has 5 nitrogen and oxygen atoms in total. The third-order valence-electron chi connectivity index (χ3n) is 2.34. The molecule has 6 heteroatoms. The number of anilines is 1. The predicted octanol–water partition coefficient (Wildman–Crippen LogP) is 1.83. The maximum Gasteiger partial charge on any atom is 0.265 e. The molecule has 0 aliphatic rings. The first-order valence-electron chi connectivity index (χ1n) is 5.08. The summed E-state index contributed by atoms with van der Waals surface area (Å²) in [5, 5.41) is 6.31.